The van der Waals surface area contributed by atoms with Crippen molar-refractivity contribution in [2.45, 2.75) is 0 Å². The highest BCUT2D eigenvalue weighted by Gasteiger charge is 2.12. The van der Waals surface area contributed by atoms with Crippen LogP contribution in [0.2, 0.25) is 5.02 Å². The number of aromatic nitrogens is 1. The number of hydrogen-bond acceptors (Lipinski definition) is 3. The molecule has 3 N–H and O–H groups in total. The molecule has 1 heterocycles. The fourth-order valence-corrected chi connectivity index (χ4v) is 2.29. The summed E-state index contributed by atoms with van der Waals surface area (Å²) in [7, 11) is 0. The predicted octanol–water partition coefficient (Wildman–Crippen LogP) is 3.72. The van der Waals surface area contributed by atoms with E-state index in [1.54, 1.807) is 30.5 Å². The first-order valence-electron chi connectivity index (χ1n) is 6.35. The van der Waals surface area contributed by atoms with Crippen LogP contribution >= 0.6 is 11.6 Å². The van der Waals surface area contributed by atoms with Crippen molar-refractivity contribution in [3.8, 4) is 0 Å². The lowest BCUT2D eigenvalue weighted by Gasteiger charge is -2.09. The van der Waals surface area contributed by atoms with Crippen LogP contribution in [0.4, 0.5) is 11.4 Å². The number of amides is 1. The molecule has 0 spiro atoms. The van der Waals surface area contributed by atoms with E-state index in [0.29, 0.717) is 22.0 Å². The van der Waals surface area contributed by atoms with E-state index in [9.17, 15) is 4.79 Å². The Kier molecular flexibility index (Phi) is 3.46. The molecule has 0 unspecified atom stereocenters. The second-order valence-electron chi connectivity index (χ2n) is 4.57. The zero-order chi connectivity index (χ0) is 14.8. The van der Waals surface area contributed by atoms with Gasteiger partial charge in [0.25, 0.3) is 5.91 Å². The van der Waals surface area contributed by atoms with E-state index >= 15 is 0 Å². The highest BCUT2D eigenvalue weighted by atomic mass is 35.5. The number of nitrogen functional groups attached to an aromatic ring is 1. The Morgan fingerprint density at radius 2 is 1.95 bits per heavy atom. The van der Waals surface area contributed by atoms with Crippen molar-refractivity contribution in [1.82, 2.24) is 4.98 Å². The monoisotopic (exact) mass is 297 g/mol. The number of halogens is 1. The quantitative estimate of drug-likeness (QED) is 0.708. The Balaban J connectivity index is 1.99. The molecule has 21 heavy (non-hydrogen) atoms. The molecule has 104 valence electrons. The highest BCUT2D eigenvalue weighted by Crippen LogP contribution is 2.25. The smallest absolute Gasteiger partial charge is 0.256 e. The summed E-state index contributed by atoms with van der Waals surface area (Å²) in [5.41, 5.74) is 8.05. The van der Waals surface area contributed by atoms with Crippen LogP contribution in [0.3, 0.4) is 0 Å². The maximum atomic E-state index is 12.5. The van der Waals surface area contributed by atoms with E-state index < -0.39 is 0 Å². The fraction of sp³-hybridized carbons (Fsp3) is 0. The van der Waals surface area contributed by atoms with Gasteiger partial charge >= 0.3 is 0 Å². The van der Waals surface area contributed by atoms with Crippen molar-refractivity contribution in [3.05, 3.63) is 65.3 Å². The van der Waals surface area contributed by atoms with Gasteiger partial charge in [-0.15, -0.1) is 0 Å². The largest absolute Gasteiger partial charge is 0.399 e. The number of benzene rings is 2. The summed E-state index contributed by atoms with van der Waals surface area (Å²) in [6, 6.07) is 14.1. The molecule has 4 nitrogen and oxygen atoms in total. The molecule has 0 radical (unpaired) electrons. The van der Waals surface area contributed by atoms with E-state index in [0.717, 1.165) is 10.9 Å². The second kappa shape index (κ2) is 5.42. The first-order valence-corrected chi connectivity index (χ1v) is 6.73. The van der Waals surface area contributed by atoms with Gasteiger partial charge in [0, 0.05) is 17.3 Å². The molecule has 3 aromatic rings. The molecule has 5 heteroatoms. The lowest BCUT2D eigenvalue weighted by molar-refractivity contribution is 0.102. The number of nitrogens with two attached hydrogens (primary N) is 1. The lowest BCUT2D eigenvalue weighted by Crippen LogP contribution is -2.13. The van der Waals surface area contributed by atoms with Gasteiger partial charge in [-0.05, 0) is 30.3 Å². The normalized spacial score (nSPS) is 10.5. The minimum atomic E-state index is -0.249. The highest BCUT2D eigenvalue weighted by molar-refractivity contribution is 6.34. The average Bonchev–Trinajstić information content (AvgIpc) is 2.50. The molecule has 0 fully saturated rings. The molecule has 2 aromatic carbocycles. The maximum Gasteiger partial charge on any atom is 0.256 e. The Morgan fingerprint density at radius 3 is 2.81 bits per heavy atom. The number of pyridine rings is 1. The van der Waals surface area contributed by atoms with Gasteiger partial charge in [0.05, 0.1) is 21.8 Å². The van der Waals surface area contributed by atoms with Gasteiger partial charge in [-0.25, -0.2) is 0 Å². The first kappa shape index (κ1) is 13.4. The van der Waals surface area contributed by atoms with Crippen LogP contribution in [0.15, 0.2) is 54.7 Å². The average molecular weight is 298 g/mol. The molecule has 0 saturated carbocycles. The number of fused-ring (bicyclic) bond motifs is 1. The number of nitrogens with one attached hydrogen (secondary N) is 1. The third-order valence-corrected chi connectivity index (χ3v) is 3.46. The van der Waals surface area contributed by atoms with Gasteiger partial charge in [0.1, 0.15) is 0 Å². The molecule has 0 bridgehead atoms. The van der Waals surface area contributed by atoms with Crippen LogP contribution in [0.5, 0.6) is 0 Å². The van der Waals surface area contributed by atoms with Gasteiger partial charge in [-0.3, -0.25) is 9.78 Å². The first-order chi connectivity index (χ1) is 10.1. The molecule has 0 saturated heterocycles. The molecule has 3 rings (SSSR count). The van der Waals surface area contributed by atoms with Crippen molar-refractivity contribution in [1.29, 1.82) is 0 Å². The fourth-order valence-electron chi connectivity index (χ4n) is 2.12. The van der Waals surface area contributed by atoms with E-state index in [1.807, 2.05) is 24.3 Å². The standard InChI is InChI=1S/C16H12ClN3O/c17-13-6-5-10(18)9-15(13)20-16(21)12-7-8-19-14-4-2-1-3-11(12)14/h1-9H,18H2,(H,20,21). The SMILES string of the molecule is Nc1ccc(Cl)c(NC(=O)c2ccnc3ccccc23)c1. The number of para-hydroxylation sites is 1. The molecular weight excluding hydrogens is 286 g/mol. The number of carbonyl (C=O) groups excluding carboxylic acids is 1. The Bertz CT molecular complexity index is 827. The van der Waals surface area contributed by atoms with E-state index in [4.69, 9.17) is 17.3 Å². The van der Waals surface area contributed by atoms with Crippen LogP contribution < -0.4 is 11.1 Å². The zero-order valence-electron chi connectivity index (χ0n) is 11.0. The van der Waals surface area contributed by atoms with E-state index in [2.05, 4.69) is 10.3 Å². The Labute approximate surface area is 126 Å². The number of rotatable bonds is 2. The Hall–Kier alpha value is -2.59. The van der Waals surface area contributed by atoms with Crippen LogP contribution in [-0.2, 0) is 0 Å². The van der Waals surface area contributed by atoms with Gasteiger partial charge in [-0.1, -0.05) is 29.8 Å². The predicted molar refractivity (Wildman–Crippen MR) is 85.6 cm³/mol. The minimum Gasteiger partial charge on any atom is -0.399 e. The van der Waals surface area contributed by atoms with Gasteiger partial charge in [-0.2, -0.15) is 0 Å². The van der Waals surface area contributed by atoms with Gasteiger partial charge in [0.15, 0.2) is 0 Å². The topological polar surface area (TPSA) is 68.0 Å². The summed E-state index contributed by atoms with van der Waals surface area (Å²) < 4.78 is 0. The van der Waals surface area contributed by atoms with Crippen LogP contribution in [0.25, 0.3) is 10.9 Å². The molecule has 0 aliphatic rings. The third kappa shape index (κ3) is 2.66. The summed E-state index contributed by atoms with van der Waals surface area (Å²) >= 11 is 6.06. The molecule has 1 amide bonds. The summed E-state index contributed by atoms with van der Waals surface area (Å²) in [6.07, 6.45) is 1.61. The van der Waals surface area contributed by atoms with Gasteiger partial charge < -0.3 is 11.1 Å². The molecule has 1 aromatic heterocycles. The number of nitrogens with zero attached hydrogens (tertiary/aromatic N) is 1. The lowest BCUT2D eigenvalue weighted by atomic mass is 10.1. The summed E-state index contributed by atoms with van der Waals surface area (Å²) in [5, 5.41) is 4.01. The molecule has 0 aliphatic heterocycles. The number of anilines is 2. The van der Waals surface area contributed by atoms with Crippen molar-refractivity contribution in [2.24, 2.45) is 0 Å². The van der Waals surface area contributed by atoms with Crippen molar-refractivity contribution in [2.75, 3.05) is 11.1 Å². The van der Waals surface area contributed by atoms with Crippen LogP contribution in [0.1, 0.15) is 10.4 Å². The van der Waals surface area contributed by atoms with Crippen LogP contribution in [-0.4, -0.2) is 10.9 Å². The minimum absolute atomic E-state index is 0.249. The third-order valence-electron chi connectivity index (χ3n) is 3.13. The molecular formula is C16H12ClN3O. The van der Waals surface area contributed by atoms with Crippen molar-refractivity contribution < 1.29 is 4.79 Å². The second-order valence-corrected chi connectivity index (χ2v) is 4.98. The van der Waals surface area contributed by atoms with Gasteiger partial charge in [0.2, 0.25) is 0 Å². The van der Waals surface area contributed by atoms with Crippen molar-refractivity contribution in [3.63, 3.8) is 0 Å². The summed E-state index contributed by atoms with van der Waals surface area (Å²) in [4.78, 5) is 16.7. The van der Waals surface area contributed by atoms with Crippen LogP contribution in [0, 0.1) is 0 Å². The zero-order valence-corrected chi connectivity index (χ0v) is 11.8. The Morgan fingerprint density at radius 1 is 1.14 bits per heavy atom. The summed E-state index contributed by atoms with van der Waals surface area (Å²) in [6.45, 7) is 0. The summed E-state index contributed by atoms with van der Waals surface area (Å²) in [5.74, 6) is -0.249. The van der Waals surface area contributed by atoms with E-state index in [1.165, 1.54) is 0 Å². The van der Waals surface area contributed by atoms with Crippen molar-refractivity contribution >= 4 is 39.8 Å². The molecule has 0 atom stereocenters. The molecule has 0 aliphatic carbocycles. The maximum absolute atomic E-state index is 12.5. The number of carbonyl (C=O) groups is 1. The van der Waals surface area contributed by atoms with E-state index in [-0.39, 0.29) is 5.91 Å². The number of hydrogen-bond donors (Lipinski definition) is 2.